The smallest absolute Gasteiger partial charge is 0.273 e. The Kier molecular flexibility index (Phi) is 5.17. The lowest BCUT2D eigenvalue weighted by Gasteiger charge is -2.21. The molecule has 2 aromatic heterocycles. The maximum atomic E-state index is 13.7. The number of carbonyl (C=O) groups is 1. The molecule has 0 aliphatic rings. The van der Waals surface area contributed by atoms with E-state index in [4.69, 9.17) is 4.98 Å². The quantitative estimate of drug-likeness (QED) is 0.470. The van der Waals surface area contributed by atoms with Crippen LogP contribution in [0.15, 0.2) is 72.9 Å². The Balaban J connectivity index is 1.83. The molecule has 0 N–H and O–H groups in total. The average Bonchev–Trinajstić information content (AvgIpc) is 3.11. The number of pyridine rings is 1. The number of aryl methyl sites for hydroxylation is 2. The minimum absolute atomic E-state index is 0.00923. The van der Waals surface area contributed by atoms with Crippen LogP contribution in [0, 0.1) is 13.8 Å². The molecule has 1 amide bonds. The maximum Gasteiger partial charge on any atom is 0.273 e. The number of hydrogen-bond donors (Lipinski definition) is 0. The van der Waals surface area contributed by atoms with Gasteiger partial charge < -0.3 is 4.90 Å². The summed E-state index contributed by atoms with van der Waals surface area (Å²) in [6, 6.07) is 22.3. The highest BCUT2D eigenvalue weighted by Gasteiger charge is 2.24. The summed E-state index contributed by atoms with van der Waals surface area (Å²) in [5, 5.41) is 0. The Morgan fingerprint density at radius 3 is 2.31 bits per heavy atom. The van der Waals surface area contributed by atoms with Crippen molar-refractivity contribution in [2.45, 2.75) is 27.3 Å². The monoisotopic (exact) mass is 383 g/mol. The summed E-state index contributed by atoms with van der Waals surface area (Å²) in [6.45, 7) is 7.30. The van der Waals surface area contributed by atoms with Crippen molar-refractivity contribution < 1.29 is 4.79 Å². The number of fused-ring (bicyclic) bond motifs is 1. The number of aromatic nitrogens is 2. The van der Waals surface area contributed by atoms with Crippen molar-refractivity contribution in [3.8, 4) is 11.3 Å². The van der Waals surface area contributed by atoms with Crippen LogP contribution < -0.4 is 0 Å². The molecule has 4 nitrogen and oxygen atoms in total. The second-order valence-electron chi connectivity index (χ2n) is 7.41. The van der Waals surface area contributed by atoms with Gasteiger partial charge >= 0.3 is 0 Å². The summed E-state index contributed by atoms with van der Waals surface area (Å²) < 4.78 is 1.93. The van der Waals surface area contributed by atoms with Gasteiger partial charge in [0.05, 0.1) is 0 Å². The van der Waals surface area contributed by atoms with Gasteiger partial charge in [0.1, 0.15) is 17.0 Å². The van der Waals surface area contributed by atoms with Crippen molar-refractivity contribution in [2.75, 3.05) is 6.54 Å². The van der Waals surface area contributed by atoms with Gasteiger partial charge in [0.25, 0.3) is 5.91 Å². The van der Waals surface area contributed by atoms with Gasteiger partial charge in [0.15, 0.2) is 0 Å². The van der Waals surface area contributed by atoms with Gasteiger partial charge in [0, 0.05) is 24.8 Å². The molecule has 0 atom stereocenters. The topological polar surface area (TPSA) is 37.6 Å². The zero-order valence-corrected chi connectivity index (χ0v) is 17.1. The molecule has 0 radical (unpaired) electrons. The lowest BCUT2D eigenvalue weighted by Crippen LogP contribution is -2.31. The second-order valence-corrected chi connectivity index (χ2v) is 7.41. The highest BCUT2D eigenvalue weighted by molar-refractivity contribution is 5.99. The molecule has 2 heterocycles. The minimum Gasteiger partial charge on any atom is -0.333 e. The first kappa shape index (κ1) is 18.9. The normalized spacial score (nSPS) is 11.0. The molecule has 0 unspecified atom stereocenters. The molecule has 0 spiro atoms. The molecule has 0 aliphatic carbocycles. The van der Waals surface area contributed by atoms with Crippen LogP contribution in [0.5, 0.6) is 0 Å². The summed E-state index contributed by atoms with van der Waals surface area (Å²) in [6.07, 6.45) is 1.99. The van der Waals surface area contributed by atoms with E-state index in [0.717, 1.165) is 28.0 Å². The predicted molar refractivity (Wildman–Crippen MR) is 117 cm³/mol. The molecule has 146 valence electrons. The summed E-state index contributed by atoms with van der Waals surface area (Å²) in [5.74, 6) is -0.00923. The number of hydrogen-bond acceptors (Lipinski definition) is 2. The van der Waals surface area contributed by atoms with Crippen molar-refractivity contribution >= 4 is 11.6 Å². The third-order valence-electron chi connectivity index (χ3n) is 5.18. The molecule has 0 bridgehead atoms. The van der Waals surface area contributed by atoms with Crippen molar-refractivity contribution in [2.24, 2.45) is 0 Å². The van der Waals surface area contributed by atoms with E-state index in [2.05, 4.69) is 31.2 Å². The maximum absolute atomic E-state index is 13.7. The fourth-order valence-corrected chi connectivity index (χ4v) is 3.55. The largest absolute Gasteiger partial charge is 0.333 e. The first-order valence-electron chi connectivity index (χ1n) is 9.95. The third-order valence-corrected chi connectivity index (χ3v) is 5.18. The van der Waals surface area contributed by atoms with Gasteiger partial charge in [0.2, 0.25) is 0 Å². The van der Waals surface area contributed by atoms with Gasteiger partial charge in [-0.15, -0.1) is 0 Å². The van der Waals surface area contributed by atoms with Crippen LogP contribution in [0.3, 0.4) is 0 Å². The third kappa shape index (κ3) is 3.79. The lowest BCUT2D eigenvalue weighted by molar-refractivity contribution is 0.0746. The Morgan fingerprint density at radius 1 is 0.931 bits per heavy atom. The van der Waals surface area contributed by atoms with Crippen molar-refractivity contribution in [3.05, 3.63) is 95.3 Å². The number of nitrogens with zero attached hydrogens (tertiary/aromatic N) is 3. The molecular weight excluding hydrogens is 358 g/mol. The van der Waals surface area contributed by atoms with E-state index >= 15 is 0 Å². The first-order chi connectivity index (χ1) is 14.1. The van der Waals surface area contributed by atoms with Gasteiger partial charge in [-0.25, -0.2) is 4.98 Å². The molecule has 29 heavy (non-hydrogen) atoms. The van der Waals surface area contributed by atoms with Gasteiger partial charge in [-0.1, -0.05) is 66.2 Å². The number of carbonyl (C=O) groups excluding carboxylic acids is 1. The molecule has 4 aromatic rings. The van der Waals surface area contributed by atoms with Gasteiger partial charge in [-0.05, 0) is 38.0 Å². The highest BCUT2D eigenvalue weighted by atomic mass is 16.2. The summed E-state index contributed by atoms with van der Waals surface area (Å²) in [7, 11) is 0. The number of amides is 1. The van der Waals surface area contributed by atoms with Crippen LogP contribution in [-0.4, -0.2) is 26.7 Å². The molecule has 4 rings (SSSR count). The molecule has 0 aliphatic heterocycles. The first-order valence-corrected chi connectivity index (χ1v) is 9.95. The number of rotatable bonds is 5. The Bertz CT molecular complexity index is 1140. The summed E-state index contributed by atoms with van der Waals surface area (Å²) >= 11 is 0. The molecule has 0 saturated heterocycles. The van der Waals surface area contributed by atoms with E-state index in [0.29, 0.717) is 18.8 Å². The zero-order valence-electron chi connectivity index (χ0n) is 17.1. The lowest BCUT2D eigenvalue weighted by atomic mass is 10.1. The van der Waals surface area contributed by atoms with E-state index in [1.54, 1.807) is 0 Å². The average molecular weight is 383 g/mol. The molecular formula is C25H25N3O. The predicted octanol–water partition coefficient (Wildman–Crippen LogP) is 5.28. The van der Waals surface area contributed by atoms with Crippen LogP contribution in [-0.2, 0) is 6.54 Å². The van der Waals surface area contributed by atoms with Crippen LogP contribution in [0.1, 0.15) is 34.1 Å². The van der Waals surface area contributed by atoms with E-state index in [9.17, 15) is 4.79 Å². The van der Waals surface area contributed by atoms with Crippen molar-refractivity contribution in [1.29, 1.82) is 0 Å². The fraction of sp³-hybridized carbons (Fsp3) is 0.200. The van der Waals surface area contributed by atoms with Crippen molar-refractivity contribution in [1.82, 2.24) is 14.3 Å². The molecule has 2 aromatic carbocycles. The Hall–Kier alpha value is -3.40. The molecule has 0 fully saturated rings. The fourth-order valence-electron chi connectivity index (χ4n) is 3.55. The Labute approximate surface area is 171 Å². The summed E-state index contributed by atoms with van der Waals surface area (Å²) in [4.78, 5) is 20.4. The van der Waals surface area contributed by atoms with Crippen LogP contribution in [0.2, 0.25) is 0 Å². The number of benzene rings is 2. The second kappa shape index (κ2) is 7.92. The van der Waals surface area contributed by atoms with Crippen LogP contribution in [0.4, 0.5) is 0 Å². The van der Waals surface area contributed by atoms with Gasteiger partial charge in [-0.3, -0.25) is 9.20 Å². The van der Waals surface area contributed by atoms with Crippen LogP contribution in [0.25, 0.3) is 16.9 Å². The standard InChI is InChI=1S/C25H25N3O/c1-4-27(17-20-8-6-5-7-9-20)25(29)24-23(21-13-10-18(2)11-14-21)26-22-15-12-19(3)16-28(22)24/h5-16H,4,17H2,1-3H3. The van der Waals surface area contributed by atoms with E-state index < -0.39 is 0 Å². The SMILES string of the molecule is CCN(Cc1ccccc1)C(=O)c1c(-c2ccc(C)cc2)nc2ccc(C)cn12. The van der Waals surface area contributed by atoms with Crippen molar-refractivity contribution in [3.63, 3.8) is 0 Å². The Morgan fingerprint density at radius 2 is 1.62 bits per heavy atom. The zero-order chi connectivity index (χ0) is 20.4. The summed E-state index contributed by atoms with van der Waals surface area (Å²) in [5.41, 5.74) is 6.47. The van der Waals surface area contributed by atoms with E-state index in [-0.39, 0.29) is 5.91 Å². The van der Waals surface area contributed by atoms with E-state index in [1.165, 1.54) is 5.56 Å². The number of imidazole rings is 1. The van der Waals surface area contributed by atoms with E-state index in [1.807, 2.05) is 71.8 Å². The van der Waals surface area contributed by atoms with Gasteiger partial charge in [-0.2, -0.15) is 0 Å². The molecule has 4 heteroatoms. The minimum atomic E-state index is -0.00923. The molecule has 0 saturated carbocycles. The van der Waals surface area contributed by atoms with Crippen LogP contribution >= 0.6 is 0 Å². The highest BCUT2D eigenvalue weighted by Crippen LogP contribution is 2.27.